The lowest BCUT2D eigenvalue weighted by Crippen LogP contribution is -2.57. The molecule has 3 N–H and O–H groups in total. The van der Waals surface area contributed by atoms with Crippen LogP contribution in [0.15, 0.2) is 30.3 Å². The van der Waals surface area contributed by atoms with Gasteiger partial charge in [-0.3, -0.25) is 9.69 Å². The lowest BCUT2D eigenvalue weighted by atomic mass is 9.96. The highest BCUT2D eigenvalue weighted by atomic mass is 16.5. The molecule has 23 heavy (non-hydrogen) atoms. The third-order valence-electron chi connectivity index (χ3n) is 4.57. The molecule has 6 heteroatoms. The Bertz CT molecular complexity index is 601. The molecule has 2 saturated heterocycles. The second-order valence-corrected chi connectivity index (χ2v) is 5.99. The number of ether oxygens (including phenoxy) is 1. The van der Waals surface area contributed by atoms with Gasteiger partial charge in [-0.1, -0.05) is 36.3 Å². The van der Waals surface area contributed by atoms with Crippen molar-refractivity contribution in [1.82, 2.24) is 9.80 Å². The minimum atomic E-state index is -0.890. The van der Waals surface area contributed by atoms with Gasteiger partial charge in [-0.15, -0.1) is 6.42 Å². The van der Waals surface area contributed by atoms with Crippen LogP contribution in [0.5, 0.6) is 0 Å². The molecule has 3 rings (SSSR count). The number of carbonyl (C=O) groups is 1. The molecule has 0 aromatic heterocycles. The van der Waals surface area contributed by atoms with Crippen molar-refractivity contribution >= 4 is 5.91 Å². The van der Waals surface area contributed by atoms with E-state index in [0.29, 0.717) is 26.1 Å². The normalized spacial score (nSPS) is 33.3. The highest BCUT2D eigenvalue weighted by Gasteiger charge is 2.51. The molecular formula is C17H21N3O3. The van der Waals surface area contributed by atoms with Crippen molar-refractivity contribution in [2.75, 3.05) is 13.1 Å². The minimum absolute atomic E-state index is 0.0671. The zero-order chi connectivity index (χ0) is 16.4. The number of primary amides is 1. The number of terminal acetylenes is 1. The fraction of sp³-hybridized carbons (Fsp3) is 0.471. The van der Waals surface area contributed by atoms with E-state index in [9.17, 15) is 9.90 Å². The molecule has 1 amide bonds. The van der Waals surface area contributed by atoms with Crippen LogP contribution in [0, 0.1) is 12.3 Å². The number of piperidine rings is 1. The number of benzene rings is 1. The molecule has 2 fully saturated rings. The molecule has 6 nitrogen and oxygen atoms in total. The number of fused-ring (bicyclic) bond motifs is 2. The summed E-state index contributed by atoms with van der Waals surface area (Å²) in [5, 5.41) is 10.4. The Kier molecular flexibility index (Phi) is 4.64. The van der Waals surface area contributed by atoms with Gasteiger partial charge in [0.05, 0.1) is 19.3 Å². The highest BCUT2D eigenvalue weighted by molar-refractivity contribution is 5.81. The first-order valence-corrected chi connectivity index (χ1v) is 7.69. The topological polar surface area (TPSA) is 79.0 Å². The van der Waals surface area contributed by atoms with Crippen LogP contribution in [0.25, 0.3) is 0 Å². The summed E-state index contributed by atoms with van der Waals surface area (Å²) in [6.45, 7) is 1.31. The number of aliphatic hydroxyl groups excluding tert-OH is 1. The smallest absolute Gasteiger partial charge is 0.237 e. The third kappa shape index (κ3) is 3.09. The number of hydrogen-bond donors (Lipinski definition) is 2. The molecule has 2 heterocycles. The number of aliphatic hydroxyl groups is 1. The number of rotatable bonds is 5. The minimum Gasteiger partial charge on any atom is -0.371 e. The maximum Gasteiger partial charge on any atom is 0.237 e. The van der Waals surface area contributed by atoms with Gasteiger partial charge in [0.1, 0.15) is 6.04 Å². The molecule has 0 aliphatic carbocycles. The zero-order valence-electron chi connectivity index (χ0n) is 12.8. The van der Waals surface area contributed by atoms with Gasteiger partial charge in [-0.25, -0.2) is 4.90 Å². The van der Waals surface area contributed by atoms with Gasteiger partial charge in [-0.05, 0) is 12.0 Å². The zero-order valence-corrected chi connectivity index (χ0v) is 12.8. The van der Waals surface area contributed by atoms with E-state index in [0.717, 1.165) is 5.56 Å². The lowest BCUT2D eigenvalue weighted by Gasteiger charge is -2.36. The fourth-order valence-electron chi connectivity index (χ4n) is 3.50. The Hall–Kier alpha value is -1.91. The average Bonchev–Trinajstić information content (AvgIpc) is 2.79. The van der Waals surface area contributed by atoms with Crippen LogP contribution in [-0.2, 0) is 16.1 Å². The first-order chi connectivity index (χ1) is 11.1. The second-order valence-electron chi connectivity index (χ2n) is 5.99. The van der Waals surface area contributed by atoms with Gasteiger partial charge >= 0.3 is 0 Å². The van der Waals surface area contributed by atoms with Crippen LogP contribution in [0.2, 0.25) is 0 Å². The summed E-state index contributed by atoms with van der Waals surface area (Å²) in [6.07, 6.45) is 4.75. The molecule has 5 unspecified atom stereocenters. The summed E-state index contributed by atoms with van der Waals surface area (Å²) in [7, 11) is 0. The maximum absolute atomic E-state index is 11.9. The van der Waals surface area contributed by atoms with Gasteiger partial charge in [0.25, 0.3) is 0 Å². The Morgan fingerprint density at radius 1 is 1.43 bits per heavy atom. The average molecular weight is 315 g/mol. The van der Waals surface area contributed by atoms with Crippen molar-refractivity contribution in [1.29, 1.82) is 0 Å². The Balaban J connectivity index is 1.74. The number of amides is 1. The first-order valence-electron chi connectivity index (χ1n) is 7.69. The van der Waals surface area contributed by atoms with Crippen molar-refractivity contribution < 1.29 is 14.6 Å². The van der Waals surface area contributed by atoms with E-state index in [2.05, 4.69) is 5.92 Å². The Morgan fingerprint density at radius 2 is 2.17 bits per heavy atom. The molecule has 122 valence electrons. The standard InChI is InChI=1S/C17H21N3O3/c1-2-8-19-13-9-14(23-11-12-6-4-3-5-7-12)15(16(18)21)20(10-13)17(19)22/h1,3-7,13-15,17,22H,8-11H2,(H2,18,21). The largest absolute Gasteiger partial charge is 0.371 e. The van der Waals surface area contributed by atoms with Gasteiger partial charge in [0.15, 0.2) is 6.35 Å². The third-order valence-corrected chi connectivity index (χ3v) is 4.57. The van der Waals surface area contributed by atoms with Crippen LogP contribution in [0.1, 0.15) is 12.0 Å². The van der Waals surface area contributed by atoms with Crippen molar-refractivity contribution in [3.05, 3.63) is 35.9 Å². The van der Waals surface area contributed by atoms with Crippen LogP contribution < -0.4 is 5.73 Å². The Morgan fingerprint density at radius 3 is 2.83 bits per heavy atom. The molecule has 1 aromatic carbocycles. The molecule has 0 saturated carbocycles. The van der Waals surface area contributed by atoms with Crippen molar-refractivity contribution in [3.63, 3.8) is 0 Å². The molecule has 5 atom stereocenters. The molecule has 0 spiro atoms. The maximum atomic E-state index is 11.9. The SMILES string of the molecule is C#CCN1C2CC(OCc3ccccc3)C(C(N)=O)N(C2)C1O. The number of carbonyl (C=O) groups excluding carboxylic acids is 1. The molecule has 2 aliphatic rings. The lowest BCUT2D eigenvalue weighted by molar-refractivity contribution is -0.142. The van der Waals surface area contributed by atoms with E-state index in [1.54, 1.807) is 4.90 Å². The van der Waals surface area contributed by atoms with E-state index in [1.807, 2.05) is 35.2 Å². The van der Waals surface area contributed by atoms with E-state index >= 15 is 0 Å². The summed E-state index contributed by atoms with van der Waals surface area (Å²) in [4.78, 5) is 15.4. The quantitative estimate of drug-likeness (QED) is 0.731. The van der Waals surface area contributed by atoms with Crippen LogP contribution >= 0.6 is 0 Å². The van der Waals surface area contributed by atoms with E-state index in [4.69, 9.17) is 16.9 Å². The van der Waals surface area contributed by atoms with Crippen LogP contribution in [0.4, 0.5) is 0 Å². The summed E-state index contributed by atoms with van der Waals surface area (Å²) in [6, 6.07) is 9.18. The van der Waals surface area contributed by atoms with E-state index < -0.39 is 18.3 Å². The van der Waals surface area contributed by atoms with Gasteiger partial charge < -0.3 is 15.6 Å². The first kappa shape index (κ1) is 16.0. The summed E-state index contributed by atoms with van der Waals surface area (Å²) >= 11 is 0. The molecule has 0 radical (unpaired) electrons. The predicted octanol–water partition coefficient (Wildman–Crippen LogP) is -0.275. The monoisotopic (exact) mass is 315 g/mol. The number of nitrogens with zero attached hydrogens (tertiary/aromatic N) is 2. The number of nitrogens with two attached hydrogens (primary N) is 1. The molecular weight excluding hydrogens is 294 g/mol. The molecule has 2 bridgehead atoms. The molecule has 1 aromatic rings. The van der Waals surface area contributed by atoms with Crippen molar-refractivity contribution in [2.24, 2.45) is 5.73 Å². The summed E-state index contributed by atoms with van der Waals surface area (Å²) in [5.41, 5.74) is 6.59. The van der Waals surface area contributed by atoms with Gasteiger partial charge in [-0.2, -0.15) is 0 Å². The van der Waals surface area contributed by atoms with E-state index in [-0.39, 0.29) is 12.1 Å². The Labute approximate surface area is 135 Å². The van der Waals surface area contributed by atoms with Crippen LogP contribution in [0.3, 0.4) is 0 Å². The van der Waals surface area contributed by atoms with Gasteiger partial charge in [0, 0.05) is 12.6 Å². The number of hydrogen-bond acceptors (Lipinski definition) is 5. The summed E-state index contributed by atoms with van der Waals surface area (Å²) < 4.78 is 5.97. The van der Waals surface area contributed by atoms with Crippen molar-refractivity contribution in [2.45, 2.75) is 37.6 Å². The highest BCUT2D eigenvalue weighted by Crippen LogP contribution is 2.33. The van der Waals surface area contributed by atoms with Crippen molar-refractivity contribution in [3.8, 4) is 12.3 Å². The van der Waals surface area contributed by atoms with Gasteiger partial charge in [0.2, 0.25) is 5.91 Å². The fourth-order valence-corrected chi connectivity index (χ4v) is 3.50. The molecule has 2 aliphatic heterocycles. The predicted molar refractivity (Wildman–Crippen MR) is 84.7 cm³/mol. The second kappa shape index (κ2) is 6.69. The van der Waals surface area contributed by atoms with Crippen LogP contribution in [-0.4, -0.2) is 58.4 Å². The summed E-state index contributed by atoms with van der Waals surface area (Å²) in [5.74, 6) is 2.07. The van der Waals surface area contributed by atoms with E-state index in [1.165, 1.54) is 0 Å².